The molecule has 0 fully saturated rings. The molecule has 0 aromatic heterocycles. The number of primary amides is 1. The normalized spacial score (nSPS) is 12.7. The van der Waals surface area contributed by atoms with Crippen molar-refractivity contribution in [2.75, 3.05) is 0 Å². The topological polar surface area (TPSA) is 118 Å². The molecule has 2 atom stereocenters. The van der Waals surface area contributed by atoms with Crippen molar-refractivity contribution in [2.45, 2.75) is 58.0 Å². The zero-order chi connectivity index (χ0) is 19.5. The molecule has 0 saturated heterocycles. The highest BCUT2D eigenvalue weighted by atomic mass is 16.2. The fourth-order valence-electron chi connectivity index (χ4n) is 2.40. The highest BCUT2D eigenvalue weighted by molar-refractivity contribution is 5.89. The number of benzene rings is 1. The van der Waals surface area contributed by atoms with Crippen LogP contribution in [-0.2, 0) is 19.2 Å². The van der Waals surface area contributed by atoms with E-state index in [0.717, 1.165) is 5.56 Å². The standard InChI is InChI=1S/C19H27N3O4/c1-3-15(23)9-10-16(19(20)26)22-18(25)12-11-17(24)21-13(2)14-7-5-4-6-8-14/h4-8,13,16H,3,9-12H2,1-2H3,(H2,20,26)(H,21,24)(H,22,25)/t13-,16-/m1/s1. The summed E-state index contributed by atoms with van der Waals surface area (Å²) in [5.41, 5.74) is 6.23. The molecule has 0 spiro atoms. The summed E-state index contributed by atoms with van der Waals surface area (Å²) in [5, 5.41) is 5.31. The molecule has 0 bridgehead atoms. The van der Waals surface area contributed by atoms with Gasteiger partial charge in [-0.15, -0.1) is 0 Å². The Morgan fingerprint density at radius 2 is 1.54 bits per heavy atom. The molecule has 0 heterocycles. The van der Waals surface area contributed by atoms with Gasteiger partial charge >= 0.3 is 0 Å². The maximum absolute atomic E-state index is 12.0. The molecule has 4 N–H and O–H groups in total. The van der Waals surface area contributed by atoms with Crippen molar-refractivity contribution < 1.29 is 19.2 Å². The summed E-state index contributed by atoms with van der Waals surface area (Å²) >= 11 is 0. The third-order valence-electron chi connectivity index (χ3n) is 4.04. The molecular formula is C19H27N3O4. The third kappa shape index (κ3) is 7.92. The Kier molecular flexibility index (Phi) is 9.05. The van der Waals surface area contributed by atoms with E-state index < -0.39 is 17.9 Å². The number of hydrogen-bond acceptors (Lipinski definition) is 4. The van der Waals surface area contributed by atoms with E-state index in [1.165, 1.54) is 0 Å². The minimum absolute atomic E-state index is 0.000207. The largest absolute Gasteiger partial charge is 0.368 e. The molecule has 1 aromatic rings. The molecule has 0 aliphatic rings. The molecule has 0 saturated carbocycles. The van der Waals surface area contributed by atoms with Crippen LogP contribution in [0.5, 0.6) is 0 Å². The zero-order valence-electron chi connectivity index (χ0n) is 15.3. The van der Waals surface area contributed by atoms with Crippen LogP contribution in [0.25, 0.3) is 0 Å². The Morgan fingerprint density at radius 1 is 0.962 bits per heavy atom. The fourth-order valence-corrected chi connectivity index (χ4v) is 2.40. The maximum atomic E-state index is 12.0. The van der Waals surface area contributed by atoms with Gasteiger partial charge in [0.2, 0.25) is 17.7 Å². The molecule has 3 amide bonds. The van der Waals surface area contributed by atoms with Crippen LogP contribution in [0, 0.1) is 0 Å². The van der Waals surface area contributed by atoms with Crippen LogP contribution in [0.2, 0.25) is 0 Å². The first-order valence-corrected chi connectivity index (χ1v) is 8.78. The van der Waals surface area contributed by atoms with Gasteiger partial charge in [0.1, 0.15) is 11.8 Å². The van der Waals surface area contributed by atoms with E-state index >= 15 is 0 Å². The summed E-state index contributed by atoms with van der Waals surface area (Å²) in [6, 6.07) is 8.43. The van der Waals surface area contributed by atoms with Gasteiger partial charge in [-0.3, -0.25) is 19.2 Å². The van der Waals surface area contributed by atoms with Crippen LogP contribution in [0.1, 0.15) is 57.6 Å². The van der Waals surface area contributed by atoms with E-state index in [-0.39, 0.29) is 43.4 Å². The monoisotopic (exact) mass is 361 g/mol. The fraction of sp³-hybridized carbons (Fsp3) is 0.474. The molecule has 7 nitrogen and oxygen atoms in total. The lowest BCUT2D eigenvalue weighted by molar-refractivity contribution is -0.129. The Bertz CT molecular complexity index is 631. The molecule has 1 aromatic carbocycles. The van der Waals surface area contributed by atoms with E-state index in [9.17, 15) is 19.2 Å². The second kappa shape index (κ2) is 11.0. The second-order valence-corrected chi connectivity index (χ2v) is 6.15. The second-order valence-electron chi connectivity index (χ2n) is 6.15. The van der Waals surface area contributed by atoms with Crippen molar-refractivity contribution in [2.24, 2.45) is 5.73 Å². The van der Waals surface area contributed by atoms with Crippen molar-refractivity contribution >= 4 is 23.5 Å². The first-order valence-electron chi connectivity index (χ1n) is 8.78. The molecule has 7 heteroatoms. The quantitative estimate of drug-likeness (QED) is 0.551. The lowest BCUT2D eigenvalue weighted by Crippen LogP contribution is -2.44. The number of carbonyl (C=O) groups excluding carboxylic acids is 4. The van der Waals surface area contributed by atoms with Crippen molar-refractivity contribution in [1.29, 1.82) is 0 Å². The van der Waals surface area contributed by atoms with Crippen LogP contribution in [0.3, 0.4) is 0 Å². The van der Waals surface area contributed by atoms with Crippen molar-refractivity contribution in [3.05, 3.63) is 35.9 Å². The van der Waals surface area contributed by atoms with Gasteiger partial charge in [-0.2, -0.15) is 0 Å². The Labute approximate surface area is 153 Å². The van der Waals surface area contributed by atoms with E-state index in [4.69, 9.17) is 5.73 Å². The first kappa shape index (κ1) is 21.3. The molecule has 142 valence electrons. The molecule has 1 rings (SSSR count). The first-order chi connectivity index (χ1) is 12.3. The highest BCUT2D eigenvalue weighted by Gasteiger charge is 2.19. The molecule has 26 heavy (non-hydrogen) atoms. The summed E-state index contributed by atoms with van der Waals surface area (Å²) in [6.07, 6.45) is 0.672. The smallest absolute Gasteiger partial charge is 0.240 e. The number of nitrogens with two attached hydrogens (primary N) is 1. The maximum Gasteiger partial charge on any atom is 0.240 e. The van der Waals surface area contributed by atoms with Gasteiger partial charge in [0.25, 0.3) is 0 Å². The molecule has 0 aliphatic carbocycles. The lowest BCUT2D eigenvalue weighted by Gasteiger charge is -2.16. The summed E-state index contributed by atoms with van der Waals surface area (Å²) in [6.45, 7) is 3.59. The van der Waals surface area contributed by atoms with Gasteiger partial charge in [-0.1, -0.05) is 37.3 Å². The minimum atomic E-state index is -0.899. The minimum Gasteiger partial charge on any atom is -0.368 e. The Balaban J connectivity index is 2.40. The number of ketones is 1. The number of rotatable bonds is 11. The summed E-state index contributed by atoms with van der Waals surface area (Å²) in [4.78, 5) is 46.7. The van der Waals surface area contributed by atoms with Gasteiger partial charge in [0.05, 0.1) is 6.04 Å². The van der Waals surface area contributed by atoms with Gasteiger partial charge in [-0.05, 0) is 18.9 Å². The summed E-state index contributed by atoms with van der Waals surface area (Å²) in [5.74, 6) is -1.39. The van der Waals surface area contributed by atoms with Gasteiger partial charge in [-0.25, -0.2) is 0 Å². The number of amides is 3. The van der Waals surface area contributed by atoms with Crippen molar-refractivity contribution in [1.82, 2.24) is 10.6 Å². The predicted molar refractivity (Wildman–Crippen MR) is 97.9 cm³/mol. The van der Waals surface area contributed by atoms with E-state index in [2.05, 4.69) is 10.6 Å². The third-order valence-corrected chi connectivity index (χ3v) is 4.04. The average molecular weight is 361 g/mol. The molecule has 0 unspecified atom stereocenters. The van der Waals surface area contributed by atoms with Gasteiger partial charge < -0.3 is 16.4 Å². The Morgan fingerprint density at radius 3 is 2.08 bits per heavy atom. The van der Waals surface area contributed by atoms with Crippen molar-refractivity contribution in [3.63, 3.8) is 0 Å². The molecule has 0 aliphatic heterocycles. The summed E-state index contributed by atoms with van der Waals surface area (Å²) in [7, 11) is 0. The average Bonchev–Trinajstić information content (AvgIpc) is 2.63. The highest BCUT2D eigenvalue weighted by Crippen LogP contribution is 2.11. The number of Topliss-reactive ketones (excluding diaryl/α,β-unsaturated/α-hetero) is 1. The van der Waals surface area contributed by atoms with Crippen molar-refractivity contribution in [3.8, 4) is 0 Å². The van der Waals surface area contributed by atoms with E-state index in [1.807, 2.05) is 37.3 Å². The van der Waals surface area contributed by atoms with Gasteiger partial charge in [0.15, 0.2) is 0 Å². The number of nitrogens with one attached hydrogen (secondary N) is 2. The van der Waals surface area contributed by atoms with Crippen LogP contribution in [0.4, 0.5) is 0 Å². The number of hydrogen-bond donors (Lipinski definition) is 3. The molecule has 0 radical (unpaired) electrons. The van der Waals surface area contributed by atoms with Crippen LogP contribution >= 0.6 is 0 Å². The van der Waals surface area contributed by atoms with Gasteiger partial charge in [0, 0.05) is 25.7 Å². The van der Waals surface area contributed by atoms with Crippen LogP contribution in [-0.4, -0.2) is 29.5 Å². The lowest BCUT2D eigenvalue weighted by atomic mass is 10.1. The molecular weight excluding hydrogens is 334 g/mol. The SMILES string of the molecule is CCC(=O)CC[C@@H](NC(=O)CCC(=O)N[C@H](C)c1ccccc1)C(N)=O. The van der Waals surface area contributed by atoms with Crippen LogP contribution in [0.15, 0.2) is 30.3 Å². The van der Waals surface area contributed by atoms with E-state index in [1.54, 1.807) is 6.92 Å². The predicted octanol–water partition coefficient (Wildman–Crippen LogP) is 1.37. The number of carbonyl (C=O) groups is 4. The zero-order valence-corrected chi connectivity index (χ0v) is 15.3. The van der Waals surface area contributed by atoms with E-state index in [0.29, 0.717) is 6.42 Å². The van der Waals surface area contributed by atoms with Crippen LogP contribution < -0.4 is 16.4 Å². The summed E-state index contributed by atoms with van der Waals surface area (Å²) < 4.78 is 0. The Hall–Kier alpha value is -2.70.